The highest BCUT2D eigenvalue weighted by Crippen LogP contribution is 2.28. The Morgan fingerprint density at radius 1 is 1.07 bits per heavy atom. The molecule has 146 valence electrons. The molecule has 1 aliphatic heterocycles. The zero-order valence-corrected chi connectivity index (χ0v) is 16.1. The molecule has 0 atom stereocenters. The Labute approximate surface area is 168 Å². The van der Waals surface area contributed by atoms with Crippen LogP contribution in [0, 0.1) is 0 Å². The number of fused-ring (bicyclic) bond motifs is 1. The number of piperidine rings is 1. The summed E-state index contributed by atoms with van der Waals surface area (Å²) in [6.45, 7) is 2.21. The van der Waals surface area contributed by atoms with E-state index in [0.29, 0.717) is 11.6 Å². The van der Waals surface area contributed by atoms with Gasteiger partial charge in [-0.1, -0.05) is 12.1 Å². The molecule has 29 heavy (non-hydrogen) atoms. The van der Waals surface area contributed by atoms with Gasteiger partial charge in [-0.15, -0.1) is 0 Å². The van der Waals surface area contributed by atoms with E-state index in [2.05, 4.69) is 25.6 Å². The number of rotatable bonds is 4. The van der Waals surface area contributed by atoms with Crippen molar-refractivity contribution in [3.8, 4) is 0 Å². The molecule has 0 bridgehead atoms. The van der Waals surface area contributed by atoms with E-state index in [-0.39, 0.29) is 5.91 Å². The lowest BCUT2D eigenvalue weighted by Crippen LogP contribution is -2.38. The van der Waals surface area contributed by atoms with Gasteiger partial charge in [0.15, 0.2) is 0 Å². The number of hydrogen-bond donors (Lipinski definition) is 0. The maximum Gasteiger partial charge on any atom is 0.274 e. The lowest BCUT2D eigenvalue weighted by Gasteiger charge is -2.31. The molecule has 0 saturated carbocycles. The van der Waals surface area contributed by atoms with E-state index in [1.54, 1.807) is 6.20 Å². The van der Waals surface area contributed by atoms with E-state index in [0.717, 1.165) is 49.5 Å². The highest BCUT2D eigenvalue weighted by molar-refractivity contribution is 5.93. The molecule has 5 heterocycles. The molecule has 7 nitrogen and oxygen atoms in total. The summed E-state index contributed by atoms with van der Waals surface area (Å²) < 4.78 is 4.08. The van der Waals surface area contributed by atoms with Crippen molar-refractivity contribution in [1.82, 2.24) is 28.8 Å². The van der Waals surface area contributed by atoms with Crippen molar-refractivity contribution in [1.29, 1.82) is 0 Å². The van der Waals surface area contributed by atoms with Crippen molar-refractivity contribution in [2.24, 2.45) is 0 Å². The van der Waals surface area contributed by atoms with Crippen LogP contribution in [0.4, 0.5) is 0 Å². The normalized spacial score (nSPS) is 15.1. The standard InChI is InChI=1S/C22H22N6O/c29-22(19-16-27-10-2-1-5-20(27)25-19)26-11-6-18(7-12-26)21-24-9-13-28(21)15-17-4-3-8-23-14-17/h1-5,8-10,13-14,16,18H,6-7,11-12,15H2. The van der Waals surface area contributed by atoms with Crippen molar-refractivity contribution in [3.63, 3.8) is 0 Å². The first-order chi connectivity index (χ1) is 14.3. The summed E-state index contributed by atoms with van der Waals surface area (Å²) >= 11 is 0. The van der Waals surface area contributed by atoms with Crippen LogP contribution in [-0.2, 0) is 6.54 Å². The molecule has 7 heteroatoms. The average molecular weight is 386 g/mol. The summed E-state index contributed by atoms with van der Waals surface area (Å²) in [4.78, 5) is 28.1. The number of hydrogen-bond acceptors (Lipinski definition) is 4. The first-order valence-corrected chi connectivity index (χ1v) is 9.91. The van der Waals surface area contributed by atoms with Gasteiger partial charge in [-0.25, -0.2) is 9.97 Å². The van der Waals surface area contributed by atoms with Crippen LogP contribution in [-0.4, -0.2) is 47.8 Å². The Kier molecular flexibility index (Phi) is 4.56. The Balaban J connectivity index is 1.26. The minimum Gasteiger partial charge on any atom is -0.337 e. The predicted molar refractivity (Wildman–Crippen MR) is 109 cm³/mol. The van der Waals surface area contributed by atoms with Crippen molar-refractivity contribution < 1.29 is 4.79 Å². The van der Waals surface area contributed by atoms with Gasteiger partial charge in [0.2, 0.25) is 0 Å². The van der Waals surface area contributed by atoms with Crippen molar-refractivity contribution >= 4 is 11.6 Å². The second-order valence-corrected chi connectivity index (χ2v) is 7.43. The van der Waals surface area contributed by atoms with Gasteiger partial charge in [-0.2, -0.15) is 0 Å². The molecule has 1 aliphatic rings. The van der Waals surface area contributed by atoms with Gasteiger partial charge in [0, 0.05) is 56.2 Å². The topological polar surface area (TPSA) is 68.3 Å². The monoisotopic (exact) mass is 386 g/mol. The summed E-state index contributed by atoms with van der Waals surface area (Å²) in [7, 11) is 0. The van der Waals surface area contributed by atoms with Crippen LogP contribution in [0.3, 0.4) is 0 Å². The van der Waals surface area contributed by atoms with Crippen molar-refractivity contribution in [2.45, 2.75) is 25.3 Å². The summed E-state index contributed by atoms with van der Waals surface area (Å²) in [5.74, 6) is 1.45. The molecule has 4 aromatic rings. The predicted octanol–water partition coefficient (Wildman–Crippen LogP) is 2.99. The largest absolute Gasteiger partial charge is 0.337 e. The number of likely N-dealkylation sites (tertiary alicyclic amines) is 1. The van der Waals surface area contributed by atoms with Crippen molar-refractivity contribution in [3.05, 3.63) is 84.6 Å². The molecule has 0 aliphatic carbocycles. The number of nitrogens with zero attached hydrogens (tertiary/aromatic N) is 6. The Bertz CT molecular complexity index is 1090. The Hall–Kier alpha value is -3.48. The number of imidazole rings is 2. The molecular formula is C22H22N6O. The van der Waals surface area contributed by atoms with Crippen LogP contribution in [0.25, 0.3) is 5.65 Å². The number of pyridine rings is 2. The van der Waals surface area contributed by atoms with E-state index < -0.39 is 0 Å². The van der Waals surface area contributed by atoms with Crippen LogP contribution in [0.1, 0.15) is 40.6 Å². The third kappa shape index (κ3) is 3.51. The number of carbonyl (C=O) groups is 1. The maximum absolute atomic E-state index is 12.9. The fourth-order valence-electron chi connectivity index (χ4n) is 4.04. The summed E-state index contributed by atoms with van der Waals surface area (Å²) in [5.41, 5.74) is 2.46. The first kappa shape index (κ1) is 17.6. The summed E-state index contributed by atoms with van der Waals surface area (Å²) in [6, 6.07) is 9.80. The molecule has 1 amide bonds. The Morgan fingerprint density at radius 3 is 2.76 bits per heavy atom. The third-order valence-electron chi connectivity index (χ3n) is 5.55. The molecule has 0 spiro atoms. The van der Waals surface area contributed by atoms with Gasteiger partial charge in [0.05, 0.1) is 6.54 Å². The van der Waals surface area contributed by atoms with Gasteiger partial charge >= 0.3 is 0 Å². The zero-order valence-electron chi connectivity index (χ0n) is 16.1. The van der Waals surface area contributed by atoms with Crippen molar-refractivity contribution in [2.75, 3.05) is 13.1 Å². The number of carbonyl (C=O) groups excluding carboxylic acids is 1. The highest BCUT2D eigenvalue weighted by atomic mass is 16.2. The molecule has 1 fully saturated rings. The molecule has 5 rings (SSSR count). The smallest absolute Gasteiger partial charge is 0.274 e. The van der Waals surface area contributed by atoms with E-state index in [4.69, 9.17) is 0 Å². The van der Waals surface area contributed by atoms with E-state index >= 15 is 0 Å². The molecule has 0 radical (unpaired) electrons. The van der Waals surface area contributed by atoms with Gasteiger partial charge in [0.1, 0.15) is 17.2 Å². The minimum atomic E-state index is 0.00542. The van der Waals surface area contributed by atoms with Crippen LogP contribution < -0.4 is 0 Å². The van der Waals surface area contributed by atoms with Crippen LogP contribution in [0.15, 0.2) is 67.5 Å². The number of amides is 1. The molecule has 0 aromatic carbocycles. The fraction of sp³-hybridized carbons (Fsp3) is 0.273. The third-order valence-corrected chi connectivity index (χ3v) is 5.55. The maximum atomic E-state index is 12.9. The van der Waals surface area contributed by atoms with Crippen LogP contribution >= 0.6 is 0 Å². The second-order valence-electron chi connectivity index (χ2n) is 7.43. The second kappa shape index (κ2) is 7.50. The van der Waals surface area contributed by atoms with Gasteiger partial charge < -0.3 is 13.9 Å². The van der Waals surface area contributed by atoms with Crippen LogP contribution in [0.2, 0.25) is 0 Å². The summed E-state index contributed by atoms with van der Waals surface area (Å²) in [5, 5.41) is 0. The summed E-state index contributed by atoms with van der Waals surface area (Å²) in [6.07, 6.45) is 13.1. The SMILES string of the molecule is O=C(c1cn2ccccc2n1)N1CCC(c2nccn2Cc2cccnc2)CC1. The lowest BCUT2D eigenvalue weighted by atomic mass is 9.95. The highest BCUT2D eigenvalue weighted by Gasteiger charge is 2.28. The molecule has 4 aromatic heterocycles. The molecule has 1 saturated heterocycles. The number of aromatic nitrogens is 5. The van der Waals surface area contributed by atoms with Gasteiger partial charge in [0.25, 0.3) is 5.91 Å². The van der Waals surface area contributed by atoms with E-state index in [9.17, 15) is 4.79 Å². The average Bonchev–Trinajstić information content (AvgIpc) is 3.41. The Morgan fingerprint density at radius 2 is 1.97 bits per heavy atom. The van der Waals surface area contributed by atoms with E-state index in [1.807, 2.05) is 64.6 Å². The lowest BCUT2D eigenvalue weighted by molar-refractivity contribution is 0.0705. The quantitative estimate of drug-likeness (QED) is 0.541. The first-order valence-electron chi connectivity index (χ1n) is 9.91. The van der Waals surface area contributed by atoms with Gasteiger partial charge in [-0.3, -0.25) is 9.78 Å². The molecule has 0 N–H and O–H groups in total. The molecular weight excluding hydrogens is 364 g/mol. The van der Waals surface area contributed by atoms with E-state index in [1.165, 1.54) is 0 Å². The minimum absolute atomic E-state index is 0.00542. The van der Waals surface area contributed by atoms with Crippen LogP contribution in [0.5, 0.6) is 0 Å². The van der Waals surface area contributed by atoms with Gasteiger partial charge in [-0.05, 0) is 36.6 Å². The fourth-order valence-corrected chi connectivity index (χ4v) is 4.04. The zero-order chi connectivity index (χ0) is 19.6. The molecule has 0 unspecified atom stereocenters.